The summed E-state index contributed by atoms with van der Waals surface area (Å²) in [6.45, 7) is -1.30. The highest BCUT2D eigenvalue weighted by Gasteiger charge is 2.34. The minimum absolute atomic E-state index is 0.162. The van der Waals surface area contributed by atoms with Gasteiger partial charge in [0, 0.05) is 12.2 Å². The van der Waals surface area contributed by atoms with E-state index in [0.29, 0.717) is 19.3 Å². The Morgan fingerprint density at radius 3 is 2.70 bits per heavy atom. The lowest BCUT2D eigenvalue weighted by molar-refractivity contribution is -0.153. The van der Waals surface area contributed by atoms with E-state index in [1.807, 2.05) is 0 Å². The molecule has 7 nitrogen and oxygen atoms in total. The van der Waals surface area contributed by atoms with Crippen molar-refractivity contribution in [2.45, 2.75) is 31.5 Å². The minimum Gasteiger partial charge on any atom is -0.483 e. The Bertz CT molecular complexity index is 849. The molecule has 1 atom stereocenters. The highest BCUT2D eigenvalue weighted by Crippen LogP contribution is 2.26. The van der Waals surface area contributed by atoms with Crippen LogP contribution in [0.15, 0.2) is 18.2 Å². The van der Waals surface area contributed by atoms with Crippen LogP contribution in [0.1, 0.15) is 24.8 Å². The van der Waals surface area contributed by atoms with Crippen molar-refractivity contribution in [3.63, 3.8) is 0 Å². The molecule has 1 fully saturated rings. The first-order chi connectivity index (χ1) is 12.5. The molecule has 11 heteroatoms. The molecule has 0 aliphatic carbocycles. The van der Waals surface area contributed by atoms with Gasteiger partial charge in [0.05, 0.1) is 11.8 Å². The normalized spacial score (nSPS) is 18.6. The summed E-state index contributed by atoms with van der Waals surface area (Å²) in [7, 11) is -3.56. The van der Waals surface area contributed by atoms with Gasteiger partial charge in [0.25, 0.3) is 0 Å². The average Bonchev–Trinajstić information content (AvgIpc) is 2.59. The van der Waals surface area contributed by atoms with E-state index in [0.717, 1.165) is 16.6 Å². The van der Waals surface area contributed by atoms with Gasteiger partial charge < -0.3 is 10.1 Å². The van der Waals surface area contributed by atoms with Gasteiger partial charge in [-0.15, -0.1) is 0 Å². The SMILES string of the molecule is CS(=O)(=O)N1CCCCC1C(=O)Nc1ccc(OCC(F)(F)F)c(C#N)c1. The third kappa shape index (κ3) is 5.83. The molecular formula is C16H18F3N3O4S. The Morgan fingerprint density at radius 2 is 2.11 bits per heavy atom. The summed E-state index contributed by atoms with van der Waals surface area (Å²) in [5, 5.41) is 11.6. The lowest BCUT2D eigenvalue weighted by atomic mass is 10.0. The fraction of sp³-hybridized carbons (Fsp3) is 0.500. The molecule has 1 N–H and O–H groups in total. The number of piperidine rings is 1. The van der Waals surface area contributed by atoms with Gasteiger partial charge in [-0.2, -0.15) is 22.7 Å². The van der Waals surface area contributed by atoms with E-state index >= 15 is 0 Å². The quantitative estimate of drug-likeness (QED) is 0.810. The van der Waals surface area contributed by atoms with Crippen LogP contribution in [0.5, 0.6) is 5.75 Å². The zero-order chi connectivity index (χ0) is 20.2. The van der Waals surface area contributed by atoms with Crippen molar-refractivity contribution in [1.29, 1.82) is 5.26 Å². The van der Waals surface area contributed by atoms with Crippen LogP contribution in [0.2, 0.25) is 0 Å². The molecule has 2 rings (SSSR count). The van der Waals surface area contributed by atoms with Crippen molar-refractivity contribution in [3.05, 3.63) is 23.8 Å². The number of ether oxygens (including phenoxy) is 1. The first-order valence-corrected chi connectivity index (χ1v) is 9.87. The molecule has 0 radical (unpaired) electrons. The highest BCUT2D eigenvalue weighted by atomic mass is 32.2. The summed E-state index contributed by atoms with van der Waals surface area (Å²) in [6.07, 6.45) is -1.82. The van der Waals surface area contributed by atoms with Gasteiger partial charge in [-0.25, -0.2) is 8.42 Å². The van der Waals surface area contributed by atoms with Crippen LogP contribution in [0.3, 0.4) is 0 Å². The zero-order valence-corrected chi connectivity index (χ0v) is 15.2. The van der Waals surface area contributed by atoms with Gasteiger partial charge in [0.2, 0.25) is 15.9 Å². The van der Waals surface area contributed by atoms with Crippen molar-refractivity contribution in [2.75, 3.05) is 24.7 Å². The van der Waals surface area contributed by atoms with E-state index in [1.54, 1.807) is 6.07 Å². The fourth-order valence-electron chi connectivity index (χ4n) is 2.77. The number of nitriles is 1. The molecule has 1 aromatic carbocycles. The number of halogens is 3. The number of nitrogens with one attached hydrogen (secondary N) is 1. The molecule has 148 valence electrons. The maximum absolute atomic E-state index is 12.5. The van der Waals surface area contributed by atoms with Crippen molar-refractivity contribution in [1.82, 2.24) is 4.31 Å². The van der Waals surface area contributed by atoms with Crippen molar-refractivity contribution < 1.29 is 31.1 Å². The number of nitrogens with zero attached hydrogens (tertiary/aromatic N) is 2. The Balaban J connectivity index is 2.14. The molecule has 0 aromatic heterocycles. The molecule has 0 bridgehead atoms. The van der Waals surface area contributed by atoms with Gasteiger partial charge >= 0.3 is 6.18 Å². The maximum atomic E-state index is 12.5. The molecule has 1 aromatic rings. The Hall–Kier alpha value is -2.32. The van der Waals surface area contributed by atoms with Gasteiger partial charge in [0.1, 0.15) is 17.9 Å². The molecular weight excluding hydrogens is 387 g/mol. The summed E-state index contributed by atoms with van der Waals surface area (Å²) >= 11 is 0. The molecule has 1 unspecified atom stereocenters. The van der Waals surface area contributed by atoms with E-state index in [1.165, 1.54) is 12.1 Å². The van der Waals surface area contributed by atoms with Crippen LogP contribution in [0.4, 0.5) is 18.9 Å². The van der Waals surface area contributed by atoms with E-state index < -0.39 is 34.8 Å². The number of alkyl halides is 3. The van der Waals surface area contributed by atoms with Crippen LogP contribution in [-0.2, 0) is 14.8 Å². The Morgan fingerprint density at radius 1 is 1.41 bits per heavy atom. The van der Waals surface area contributed by atoms with Crippen LogP contribution < -0.4 is 10.1 Å². The largest absolute Gasteiger partial charge is 0.483 e. The highest BCUT2D eigenvalue weighted by molar-refractivity contribution is 7.88. The number of hydrogen-bond acceptors (Lipinski definition) is 5. The van der Waals surface area contributed by atoms with Crippen molar-refractivity contribution in [3.8, 4) is 11.8 Å². The first kappa shape index (κ1) is 21.0. The second-order valence-corrected chi connectivity index (χ2v) is 8.04. The third-order valence-corrected chi connectivity index (χ3v) is 5.23. The summed E-state index contributed by atoms with van der Waals surface area (Å²) in [4.78, 5) is 12.5. The number of hydrogen-bond donors (Lipinski definition) is 1. The number of sulfonamides is 1. The standard InChI is InChI=1S/C16H18F3N3O4S/c1-27(24,25)22-7-3-2-4-13(22)15(23)21-12-5-6-14(11(8-12)9-20)26-10-16(17,18)19/h5-6,8,13H,2-4,7,10H2,1H3,(H,21,23). The topological polar surface area (TPSA) is 99.5 Å². The van der Waals surface area contributed by atoms with Gasteiger partial charge in [0.15, 0.2) is 6.61 Å². The number of carbonyl (C=O) groups excluding carboxylic acids is 1. The van der Waals surface area contributed by atoms with Crippen LogP contribution >= 0.6 is 0 Å². The van der Waals surface area contributed by atoms with E-state index in [9.17, 15) is 26.4 Å². The molecule has 0 spiro atoms. The third-order valence-electron chi connectivity index (χ3n) is 3.94. The Kier molecular flexibility index (Phi) is 6.33. The number of rotatable bonds is 5. The van der Waals surface area contributed by atoms with E-state index in [4.69, 9.17) is 5.26 Å². The number of carbonyl (C=O) groups is 1. The Labute approximate surface area is 154 Å². The second kappa shape index (κ2) is 8.14. The molecule has 1 amide bonds. The molecule has 1 saturated heterocycles. The number of anilines is 1. The van der Waals surface area contributed by atoms with Crippen LogP contribution in [0.25, 0.3) is 0 Å². The summed E-state index contributed by atoms with van der Waals surface area (Å²) in [5.74, 6) is -0.823. The lowest BCUT2D eigenvalue weighted by Crippen LogP contribution is -2.49. The summed E-state index contributed by atoms with van der Waals surface area (Å²) in [5.41, 5.74) is -0.0180. The first-order valence-electron chi connectivity index (χ1n) is 8.02. The maximum Gasteiger partial charge on any atom is 0.422 e. The van der Waals surface area contributed by atoms with Crippen LogP contribution in [0, 0.1) is 11.3 Å². The monoisotopic (exact) mass is 405 g/mol. The van der Waals surface area contributed by atoms with E-state index in [-0.39, 0.29) is 23.5 Å². The van der Waals surface area contributed by atoms with Gasteiger partial charge in [-0.1, -0.05) is 6.42 Å². The average molecular weight is 405 g/mol. The van der Waals surface area contributed by atoms with Gasteiger partial charge in [-0.05, 0) is 31.0 Å². The number of amides is 1. The molecule has 27 heavy (non-hydrogen) atoms. The second-order valence-electron chi connectivity index (χ2n) is 6.10. The minimum atomic E-state index is -4.55. The molecule has 1 heterocycles. The smallest absolute Gasteiger partial charge is 0.422 e. The number of benzene rings is 1. The van der Waals surface area contributed by atoms with Gasteiger partial charge in [-0.3, -0.25) is 4.79 Å². The fourth-order valence-corrected chi connectivity index (χ4v) is 3.89. The van der Waals surface area contributed by atoms with Crippen LogP contribution in [-0.4, -0.2) is 50.3 Å². The molecule has 0 saturated carbocycles. The summed E-state index contributed by atoms with van der Waals surface area (Å²) in [6, 6.07) is 4.45. The van der Waals surface area contributed by atoms with Crippen molar-refractivity contribution in [2.24, 2.45) is 0 Å². The molecule has 1 aliphatic heterocycles. The molecule has 1 aliphatic rings. The predicted octanol–water partition coefficient (Wildman–Crippen LogP) is 2.25. The van der Waals surface area contributed by atoms with E-state index in [2.05, 4.69) is 10.1 Å². The lowest BCUT2D eigenvalue weighted by Gasteiger charge is -2.32. The van der Waals surface area contributed by atoms with Crippen molar-refractivity contribution >= 4 is 21.6 Å². The summed E-state index contributed by atoms with van der Waals surface area (Å²) < 4.78 is 66.1. The predicted molar refractivity (Wildman–Crippen MR) is 90.5 cm³/mol. The zero-order valence-electron chi connectivity index (χ0n) is 14.4.